The van der Waals surface area contributed by atoms with Crippen molar-refractivity contribution in [3.8, 4) is 11.8 Å². The van der Waals surface area contributed by atoms with E-state index in [0.29, 0.717) is 5.92 Å². The van der Waals surface area contributed by atoms with Gasteiger partial charge in [-0.15, -0.1) is 0 Å². The van der Waals surface area contributed by atoms with E-state index in [9.17, 15) is 0 Å². The van der Waals surface area contributed by atoms with Crippen molar-refractivity contribution in [3.05, 3.63) is 47.5 Å². The van der Waals surface area contributed by atoms with Crippen molar-refractivity contribution >= 4 is 0 Å². The van der Waals surface area contributed by atoms with E-state index in [0.717, 1.165) is 17.8 Å². The molecular formula is C28H40. The lowest BCUT2D eigenvalue weighted by atomic mass is 9.78. The van der Waals surface area contributed by atoms with Gasteiger partial charge in [0.05, 0.1) is 0 Å². The van der Waals surface area contributed by atoms with Gasteiger partial charge in [0.2, 0.25) is 0 Å². The van der Waals surface area contributed by atoms with Crippen LogP contribution in [0.1, 0.15) is 102 Å². The molecule has 0 heteroatoms. The largest absolute Gasteiger partial charge is 0.0951 e. The van der Waals surface area contributed by atoms with Crippen LogP contribution in [0.2, 0.25) is 0 Å². The van der Waals surface area contributed by atoms with E-state index in [4.69, 9.17) is 0 Å². The highest BCUT2D eigenvalue weighted by atomic mass is 14.3. The molecule has 1 aromatic carbocycles. The number of hydrogen-bond donors (Lipinski definition) is 0. The summed E-state index contributed by atoms with van der Waals surface area (Å²) in [5.41, 5.74) is 3.03. The van der Waals surface area contributed by atoms with Crippen LogP contribution < -0.4 is 0 Å². The second-order valence-electron chi connectivity index (χ2n) is 9.26. The van der Waals surface area contributed by atoms with Crippen LogP contribution in [0.5, 0.6) is 0 Å². The molecule has 0 N–H and O–H groups in total. The number of aryl methyl sites for hydroxylation is 1. The monoisotopic (exact) mass is 376 g/mol. The van der Waals surface area contributed by atoms with E-state index in [1.165, 1.54) is 82.6 Å². The molecule has 152 valence electrons. The molecule has 1 aromatic rings. The van der Waals surface area contributed by atoms with Gasteiger partial charge in [0.15, 0.2) is 0 Å². The van der Waals surface area contributed by atoms with Gasteiger partial charge in [-0.2, -0.15) is 0 Å². The second-order valence-corrected chi connectivity index (χ2v) is 9.26. The molecule has 0 atom stereocenters. The van der Waals surface area contributed by atoms with Gasteiger partial charge in [-0.1, -0.05) is 75.3 Å². The van der Waals surface area contributed by atoms with Gasteiger partial charge in [-0.25, -0.2) is 0 Å². The number of benzene rings is 1. The Morgan fingerprint density at radius 3 is 2.21 bits per heavy atom. The van der Waals surface area contributed by atoms with Crippen molar-refractivity contribution in [1.29, 1.82) is 0 Å². The summed E-state index contributed by atoms with van der Waals surface area (Å²) in [5, 5.41) is 0. The first-order valence-electron chi connectivity index (χ1n) is 12.0. The number of rotatable bonds is 6. The Morgan fingerprint density at radius 2 is 1.57 bits per heavy atom. The summed E-state index contributed by atoms with van der Waals surface area (Å²) in [6, 6.07) is 9.43. The Balaban J connectivity index is 1.39. The van der Waals surface area contributed by atoms with E-state index in [1.807, 2.05) is 0 Å². The molecule has 0 radical (unpaired) electrons. The van der Waals surface area contributed by atoms with E-state index >= 15 is 0 Å². The molecule has 0 amide bonds. The highest BCUT2D eigenvalue weighted by Crippen LogP contribution is 2.36. The first-order valence-corrected chi connectivity index (χ1v) is 12.0. The van der Waals surface area contributed by atoms with Crippen LogP contribution in [0.15, 0.2) is 36.4 Å². The van der Waals surface area contributed by atoms with Gasteiger partial charge in [-0.05, 0) is 92.7 Å². The maximum Gasteiger partial charge on any atom is 0.0206 e. The highest BCUT2D eigenvalue weighted by molar-refractivity contribution is 5.26. The number of hydrogen-bond acceptors (Lipinski definition) is 0. The smallest absolute Gasteiger partial charge is 0.0206 e. The van der Waals surface area contributed by atoms with Crippen molar-refractivity contribution in [2.75, 3.05) is 0 Å². The van der Waals surface area contributed by atoms with Gasteiger partial charge in [0.1, 0.15) is 0 Å². The van der Waals surface area contributed by atoms with Crippen LogP contribution in [0, 0.1) is 29.6 Å². The van der Waals surface area contributed by atoms with Crippen molar-refractivity contribution < 1.29 is 0 Å². The third-order valence-corrected chi connectivity index (χ3v) is 7.04. The van der Waals surface area contributed by atoms with Gasteiger partial charge >= 0.3 is 0 Å². The maximum absolute atomic E-state index is 3.55. The summed E-state index contributed by atoms with van der Waals surface area (Å²) >= 11 is 0. The minimum Gasteiger partial charge on any atom is -0.0951 e. The average molecular weight is 377 g/mol. The number of allylic oxidation sites excluding steroid dienone is 2. The fourth-order valence-corrected chi connectivity index (χ4v) is 5.24. The Bertz CT molecular complexity index is 638. The van der Waals surface area contributed by atoms with Crippen LogP contribution in [-0.2, 0) is 6.42 Å². The molecule has 0 unspecified atom stereocenters. The molecule has 2 aliphatic carbocycles. The molecule has 3 rings (SSSR count). The van der Waals surface area contributed by atoms with E-state index in [1.54, 1.807) is 5.56 Å². The molecule has 2 aliphatic rings. The topological polar surface area (TPSA) is 0 Å². The van der Waals surface area contributed by atoms with E-state index < -0.39 is 0 Å². The molecule has 0 heterocycles. The molecular weight excluding hydrogens is 336 g/mol. The van der Waals surface area contributed by atoms with Crippen LogP contribution in [0.4, 0.5) is 0 Å². The normalized spacial score (nSPS) is 28.1. The first kappa shape index (κ1) is 21.2. The second kappa shape index (κ2) is 11.5. The summed E-state index contributed by atoms with van der Waals surface area (Å²) in [6.07, 6.45) is 20.6. The third kappa shape index (κ3) is 6.55. The lowest BCUT2D eigenvalue weighted by molar-refractivity contribution is 0.294. The van der Waals surface area contributed by atoms with Gasteiger partial charge < -0.3 is 0 Å². The SMILES string of the molecule is CCCc1ccc([C@H]2CC[C@H](C#C/C=C/[C@H]3CC[C@H](CCC)CC3)CC2)cc1. The lowest BCUT2D eigenvalue weighted by Crippen LogP contribution is -2.12. The maximum atomic E-state index is 3.55. The first-order chi connectivity index (χ1) is 13.8. The molecule has 0 spiro atoms. The summed E-state index contributed by atoms with van der Waals surface area (Å²) in [7, 11) is 0. The zero-order chi connectivity index (χ0) is 19.6. The van der Waals surface area contributed by atoms with Gasteiger partial charge in [0, 0.05) is 5.92 Å². The summed E-state index contributed by atoms with van der Waals surface area (Å²) < 4.78 is 0. The molecule has 28 heavy (non-hydrogen) atoms. The predicted molar refractivity (Wildman–Crippen MR) is 122 cm³/mol. The molecule has 0 bridgehead atoms. The van der Waals surface area contributed by atoms with Crippen LogP contribution in [0.3, 0.4) is 0 Å². The van der Waals surface area contributed by atoms with E-state index in [2.05, 4.69) is 62.1 Å². The fourth-order valence-electron chi connectivity index (χ4n) is 5.24. The van der Waals surface area contributed by atoms with Crippen LogP contribution >= 0.6 is 0 Å². The Kier molecular flexibility index (Phi) is 8.72. The fraction of sp³-hybridized carbons (Fsp3) is 0.643. The van der Waals surface area contributed by atoms with Crippen molar-refractivity contribution in [3.63, 3.8) is 0 Å². The molecule has 2 saturated carbocycles. The highest BCUT2D eigenvalue weighted by Gasteiger charge is 2.21. The quantitative estimate of drug-likeness (QED) is 0.440. The summed E-state index contributed by atoms with van der Waals surface area (Å²) in [5.74, 6) is 10.1. The lowest BCUT2D eigenvalue weighted by Gasteiger charge is -2.26. The minimum absolute atomic E-state index is 0.612. The molecule has 0 nitrogen and oxygen atoms in total. The van der Waals surface area contributed by atoms with Gasteiger partial charge in [-0.3, -0.25) is 0 Å². The van der Waals surface area contributed by atoms with Crippen molar-refractivity contribution in [1.82, 2.24) is 0 Å². The third-order valence-electron chi connectivity index (χ3n) is 7.04. The van der Waals surface area contributed by atoms with Crippen LogP contribution in [-0.4, -0.2) is 0 Å². The van der Waals surface area contributed by atoms with Crippen molar-refractivity contribution in [2.24, 2.45) is 17.8 Å². The van der Waals surface area contributed by atoms with Crippen molar-refractivity contribution in [2.45, 2.75) is 96.8 Å². The van der Waals surface area contributed by atoms with E-state index in [-0.39, 0.29) is 0 Å². The molecule has 0 aromatic heterocycles. The average Bonchev–Trinajstić information content (AvgIpc) is 2.74. The molecule has 2 fully saturated rings. The zero-order valence-electron chi connectivity index (χ0n) is 18.3. The zero-order valence-corrected chi connectivity index (χ0v) is 18.3. The Labute approximate surface area is 174 Å². The Morgan fingerprint density at radius 1 is 0.857 bits per heavy atom. The molecule has 0 saturated heterocycles. The van der Waals surface area contributed by atoms with Gasteiger partial charge in [0.25, 0.3) is 0 Å². The van der Waals surface area contributed by atoms with Crippen LogP contribution in [0.25, 0.3) is 0 Å². The predicted octanol–water partition coefficient (Wildman–Crippen LogP) is 8.08. The minimum atomic E-state index is 0.612. The molecule has 0 aliphatic heterocycles. The Hall–Kier alpha value is -1.48. The summed E-state index contributed by atoms with van der Waals surface area (Å²) in [6.45, 7) is 4.57. The summed E-state index contributed by atoms with van der Waals surface area (Å²) in [4.78, 5) is 0. The standard InChI is InChI=1S/C28H40/c1-3-7-23-11-13-25(14-12-23)9-5-6-10-26-17-21-28(22-18-26)27-19-15-24(8-4-2)16-20-27/h5,9,15-16,19-20,23,25-26,28H,3-4,7-8,11-14,17-18,21-22H2,1-2H3/b9-5+/t23-,25-,26-,28-.